The van der Waals surface area contributed by atoms with Crippen molar-refractivity contribution in [3.8, 4) is 0 Å². The molecule has 80 valence electrons. The van der Waals surface area contributed by atoms with Crippen molar-refractivity contribution in [2.75, 3.05) is 19.6 Å². The lowest BCUT2D eigenvalue weighted by Crippen LogP contribution is -2.29. The molecule has 0 fully saturated rings. The van der Waals surface area contributed by atoms with Crippen molar-refractivity contribution in [1.29, 1.82) is 0 Å². The largest absolute Gasteiger partial charge is 0.299 e. The molecule has 0 aromatic heterocycles. The molecule has 0 atom stereocenters. The summed E-state index contributed by atoms with van der Waals surface area (Å²) >= 11 is 3.45. The second-order valence-electron chi connectivity index (χ2n) is 3.94. The number of benzene rings is 1. The smallest absolute Gasteiger partial charge is 0.0175 e. The van der Waals surface area contributed by atoms with E-state index in [-0.39, 0.29) is 0 Å². The number of rotatable bonds is 3. The zero-order valence-corrected chi connectivity index (χ0v) is 10.4. The molecule has 0 unspecified atom stereocenters. The lowest BCUT2D eigenvalue weighted by atomic mass is 10.1. The van der Waals surface area contributed by atoms with E-state index in [9.17, 15) is 0 Å². The van der Waals surface area contributed by atoms with E-state index in [1.165, 1.54) is 25.1 Å². The highest BCUT2D eigenvalue weighted by Gasteiger charge is 2.05. The second-order valence-corrected chi connectivity index (χ2v) is 4.85. The predicted molar refractivity (Wildman–Crippen MR) is 68.0 cm³/mol. The summed E-state index contributed by atoms with van der Waals surface area (Å²) < 4.78 is 1.16. The third kappa shape index (κ3) is 3.47. The van der Waals surface area contributed by atoms with Crippen molar-refractivity contribution in [3.63, 3.8) is 0 Å². The van der Waals surface area contributed by atoms with Gasteiger partial charge < -0.3 is 0 Å². The minimum Gasteiger partial charge on any atom is -0.299 e. The molecule has 2 heteroatoms. The summed E-state index contributed by atoms with van der Waals surface area (Å²) in [7, 11) is 0. The average molecular weight is 266 g/mol. The Hall–Kier alpha value is -0.600. The van der Waals surface area contributed by atoms with E-state index in [2.05, 4.69) is 57.2 Å². The highest BCUT2D eigenvalue weighted by Crippen LogP contribution is 2.11. The van der Waals surface area contributed by atoms with Crippen molar-refractivity contribution < 1.29 is 0 Å². The van der Waals surface area contributed by atoms with Gasteiger partial charge >= 0.3 is 0 Å². The van der Waals surface area contributed by atoms with Crippen molar-refractivity contribution in [3.05, 3.63) is 46.5 Å². The molecule has 0 N–H and O–H groups in total. The SMILES string of the molecule is Brc1ccc(CCN2CC=CCC2)cc1. The highest BCUT2D eigenvalue weighted by molar-refractivity contribution is 9.10. The van der Waals surface area contributed by atoms with Crippen LogP contribution in [0.4, 0.5) is 0 Å². The van der Waals surface area contributed by atoms with E-state index in [1.807, 2.05) is 0 Å². The molecule has 0 spiro atoms. The van der Waals surface area contributed by atoms with Gasteiger partial charge in [-0.25, -0.2) is 0 Å². The fourth-order valence-electron chi connectivity index (χ4n) is 1.83. The van der Waals surface area contributed by atoms with Crippen LogP contribution in [0.2, 0.25) is 0 Å². The van der Waals surface area contributed by atoms with Gasteiger partial charge in [-0.1, -0.05) is 40.2 Å². The van der Waals surface area contributed by atoms with Gasteiger partial charge in [0.15, 0.2) is 0 Å². The number of hydrogen-bond acceptors (Lipinski definition) is 1. The van der Waals surface area contributed by atoms with Crippen LogP contribution in [-0.4, -0.2) is 24.5 Å². The van der Waals surface area contributed by atoms with Gasteiger partial charge in [0.25, 0.3) is 0 Å². The van der Waals surface area contributed by atoms with E-state index < -0.39 is 0 Å². The third-order valence-corrected chi connectivity index (χ3v) is 3.30. The van der Waals surface area contributed by atoms with E-state index in [0.717, 1.165) is 17.4 Å². The molecule has 15 heavy (non-hydrogen) atoms. The van der Waals surface area contributed by atoms with Crippen LogP contribution < -0.4 is 0 Å². The third-order valence-electron chi connectivity index (χ3n) is 2.77. The Bertz CT molecular complexity index is 329. The normalized spacial score (nSPS) is 16.9. The van der Waals surface area contributed by atoms with Gasteiger partial charge in [-0.15, -0.1) is 0 Å². The Kier molecular flexibility index (Phi) is 3.98. The molecule has 0 aliphatic carbocycles. The minimum absolute atomic E-state index is 1.12. The summed E-state index contributed by atoms with van der Waals surface area (Å²) in [6, 6.07) is 8.63. The summed E-state index contributed by atoms with van der Waals surface area (Å²) in [5, 5.41) is 0. The summed E-state index contributed by atoms with van der Waals surface area (Å²) in [5.41, 5.74) is 1.42. The minimum atomic E-state index is 1.12. The molecule has 1 nitrogen and oxygen atoms in total. The molecule has 0 amide bonds. The van der Waals surface area contributed by atoms with Crippen molar-refractivity contribution in [1.82, 2.24) is 4.90 Å². The Morgan fingerprint density at radius 3 is 2.60 bits per heavy atom. The molecule has 2 rings (SSSR count). The molecule has 1 aromatic carbocycles. The average Bonchev–Trinajstić information content (AvgIpc) is 2.30. The van der Waals surface area contributed by atoms with Gasteiger partial charge in [-0.2, -0.15) is 0 Å². The lowest BCUT2D eigenvalue weighted by Gasteiger charge is -2.22. The van der Waals surface area contributed by atoms with Crippen molar-refractivity contribution in [2.45, 2.75) is 12.8 Å². The van der Waals surface area contributed by atoms with Crippen LogP contribution in [0.15, 0.2) is 40.9 Å². The van der Waals surface area contributed by atoms with E-state index in [1.54, 1.807) is 0 Å². The Morgan fingerprint density at radius 2 is 1.93 bits per heavy atom. The van der Waals surface area contributed by atoms with E-state index in [0.29, 0.717) is 0 Å². The fraction of sp³-hybridized carbons (Fsp3) is 0.385. The van der Waals surface area contributed by atoms with Gasteiger partial charge in [-0.05, 0) is 30.5 Å². The first-order valence-corrected chi connectivity index (χ1v) is 6.26. The fourth-order valence-corrected chi connectivity index (χ4v) is 2.10. The van der Waals surface area contributed by atoms with Crippen LogP contribution >= 0.6 is 15.9 Å². The van der Waals surface area contributed by atoms with Gasteiger partial charge in [0.2, 0.25) is 0 Å². The molecule has 1 aromatic rings. The van der Waals surface area contributed by atoms with Gasteiger partial charge in [-0.3, -0.25) is 4.90 Å². The van der Waals surface area contributed by atoms with Gasteiger partial charge in [0.1, 0.15) is 0 Å². The zero-order valence-electron chi connectivity index (χ0n) is 8.82. The van der Waals surface area contributed by atoms with Gasteiger partial charge in [0, 0.05) is 24.1 Å². The molecule has 1 heterocycles. The highest BCUT2D eigenvalue weighted by atomic mass is 79.9. The van der Waals surface area contributed by atoms with Crippen LogP contribution in [0.25, 0.3) is 0 Å². The van der Waals surface area contributed by atoms with Crippen LogP contribution in [0.5, 0.6) is 0 Å². The summed E-state index contributed by atoms with van der Waals surface area (Å²) in [6.45, 7) is 3.51. The topological polar surface area (TPSA) is 3.24 Å². The lowest BCUT2D eigenvalue weighted by molar-refractivity contribution is 0.302. The van der Waals surface area contributed by atoms with Crippen LogP contribution in [0.1, 0.15) is 12.0 Å². The second kappa shape index (κ2) is 5.47. The maximum absolute atomic E-state index is 3.45. The molecule has 0 saturated carbocycles. The van der Waals surface area contributed by atoms with Crippen LogP contribution in [-0.2, 0) is 6.42 Å². The molecular weight excluding hydrogens is 250 g/mol. The maximum Gasteiger partial charge on any atom is 0.0175 e. The maximum atomic E-state index is 3.45. The molecule has 0 bridgehead atoms. The van der Waals surface area contributed by atoms with Gasteiger partial charge in [0.05, 0.1) is 0 Å². The summed E-state index contributed by atoms with van der Waals surface area (Å²) in [6.07, 6.45) is 6.91. The molecular formula is C13H16BrN. The Labute approximate surface area is 99.9 Å². The first-order chi connectivity index (χ1) is 7.34. The monoisotopic (exact) mass is 265 g/mol. The predicted octanol–water partition coefficient (Wildman–Crippen LogP) is 3.25. The molecule has 1 aliphatic rings. The number of hydrogen-bond donors (Lipinski definition) is 0. The zero-order chi connectivity index (χ0) is 10.5. The molecule has 1 aliphatic heterocycles. The van der Waals surface area contributed by atoms with E-state index >= 15 is 0 Å². The number of nitrogens with zero attached hydrogens (tertiary/aromatic N) is 1. The Balaban J connectivity index is 1.82. The first-order valence-electron chi connectivity index (χ1n) is 5.46. The van der Waals surface area contributed by atoms with E-state index in [4.69, 9.17) is 0 Å². The molecule has 0 radical (unpaired) electrons. The summed E-state index contributed by atoms with van der Waals surface area (Å²) in [5.74, 6) is 0. The quantitative estimate of drug-likeness (QED) is 0.759. The van der Waals surface area contributed by atoms with Crippen LogP contribution in [0.3, 0.4) is 0 Å². The Morgan fingerprint density at radius 1 is 1.13 bits per heavy atom. The molecule has 0 saturated heterocycles. The number of halogens is 1. The summed E-state index contributed by atoms with van der Waals surface area (Å²) in [4.78, 5) is 2.50. The first kappa shape index (κ1) is 10.9. The standard InChI is InChI=1S/C13H16BrN/c14-13-6-4-12(5-7-13)8-11-15-9-2-1-3-10-15/h1-2,4-7H,3,8-11H2. The van der Waals surface area contributed by atoms with Crippen molar-refractivity contribution >= 4 is 15.9 Å². The van der Waals surface area contributed by atoms with Crippen molar-refractivity contribution in [2.24, 2.45) is 0 Å². The van der Waals surface area contributed by atoms with Crippen LogP contribution in [0, 0.1) is 0 Å².